The van der Waals surface area contributed by atoms with Crippen molar-refractivity contribution in [1.29, 1.82) is 0 Å². The number of allylic oxidation sites excluding steroid dienone is 1. The van der Waals surface area contributed by atoms with Crippen LogP contribution in [-0.2, 0) is 19.3 Å². The van der Waals surface area contributed by atoms with Crippen LogP contribution in [0.2, 0.25) is 0 Å². The third-order valence-corrected chi connectivity index (χ3v) is 7.52. The molecule has 1 aromatic carbocycles. The van der Waals surface area contributed by atoms with E-state index in [1.807, 2.05) is 0 Å². The molecule has 0 fully saturated rings. The average Bonchev–Trinajstić information content (AvgIpc) is 2.71. The lowest BCUT2D eigenvalue weighted by molar-refractivity contribution is 0.287. The molecule has 0 aliphatic carbocycles. The molecule has 178 valence electrons. The fourth-order valence-corrected chi connectivity index (χ4v) is 5.19. The molecule has 0 heterocycles. The first-order valence-electron chi connectivity index (χ1n) is 13.4. The quantitative estimate of drug-likeness (QED) is 0.182. The summed E-state index contributed by atoms with van der Waals surface area (Å²) in [6, 6.07) is 7.40. The van der Waals surface area contributed by atoms with Crippen LogP contribution in [-0.4, -0.2) is 0 Å². The van der Waals surface area contributed by atoms with Gasteiger partial charge in [0, 0.05) is 0 Å². The zero-order valence-corrected chi connectivity index (χ0v) is 22.4. The Bertz CT molecular complexity index is 621. The fraction of sp³-hybridized carbons (Fsp3) is 0.742. The first-order chi connectivity index (χ1) is 14.7. The van der Waals surface area contributed by atoms with Crippen molar-refractivity contribution in [3.05, 3.63) is 47.0 Å². The lowest BCUT2D eigenvalue weighted by Gasteiger charge is -2.27. The minimum Gasteiger partial charge on any atom is -0.0999 e. The molecule has 0 nitrogen and oxygen atoms in total. The standard InChI is InChI=1S/C31H54/c1-10-12-13-14-15-30-22-27(17-19-28(30)11-2)21-29(23(3)4)18-16-26(9)20-31(24(5)6)25(7)8/h17,19,22-23,25-26,29,31H,5,10-16,18,20-21H2,1-4,6-9H3. The Morgan fingerprint density at radius 1 is 0.871 bits per heavy atom. The lowest BCUT2D eigenvalue weighted by atomic mass is 9.78. The molecule has 0 N–H and O–H groups in total. The van der Waals surface area contributed by atoms with Crippen LogP contribution in [0.3, 0.4) is 0 Å². The van der Waals surface area contributed by atoms with Crippen LogP contribution >= 0.6 is 0 Å². The van der Waals surface area contributed by atoms with Gasteiger partial charge in [0.15, 0.2) is 0 Å². The molecule has 0 saturated carbocycles. The topological polar surface area (TPSA) is 0 Å². The molecule has 0 bridgehead atoms. The summed E-state index contributed by atoms with van der Waals surface area (Å²) < 4.78 is 0. The first kappa shape index (κ1) is 28.0. The largest absolute Gasteiger partial charge is 0.0999 e. The summed E-state index contributed by atoms with van der Waals surface area (Å²) in [4.78, 5) is 0. The molecule has 0 aliphatic heterocycles. The van der Waals surface area contributed by atoms with Gasteiger partial charge in [-0.25, -0.2) is 0 Å². The minimum atomic E-state index is 0.671. The van der Waals surface area contributed by atoms with Crippen LogP contribution in [0.5, 0.6) is 0 Å². The maximum absolute atomic E-state index is 4.26. The van der Waals surface area contributed by atoms with Gasteiger partial charge in [0.2, 0.25) is 0 Å². The van der Waals surface area contributed by atoms with Crippen LogP contribution in [0.25, 0.3) is 0 Å². The van der Waals surface area contributed by atoms with Crippen molar-refractivity contribution in [1.82, 2.24) is 0 Å². The normalized spacial score (nSPS) is 14.8. The Kier molecular flexibility index (Phi) is 13.5. The maximum Gasteiger partial charge on any atom is -0.0183 e. The number of hydrogen-bond acceptors (Lipinski definition) is 0. The third kappa shape index (κ3) is 10.4. The second-order valence-electron chi connectivity index (χ2n) is 11.1. The molecule has 0 spiro atoms. The Morgan fingerprint density at radius 2 is 1.58 bits per heavy atom. The van der Waals surface area contributed by atoms with Gasteiger partial charge in [-0.3, -0.25) is 0 Å². The van der Waals surface area contributed by atoms with Crippen molar-refractivity contribution in [2.24, 2.45) is 29.6 Å². The molecule has 3 unspecified atom stereocenters. The van der Waals surface area contributed by atoms with E-state index in [2.05, 4.69) is 80.2 Å². The van der Waals surface area contributed by atoms with E-state index in [0.29, 0.717) is 11.8 Å². The Hall–Kier alpha value is -1.04. The summed E-state index contributed by atoms with van der Waals surface area (Å²) in [6.45, 7) is 23.1. The van der Waals surface area contributed by atoms with Crippen molar-refractivity contribution < 1.29 is 0 Å². The van der Waals surface area contributed by atoms with Gasteiger partial charge >= 0.3 is 0 Å². The van der Waals surface area contributed by atoms with Crippen molar-refractivity contribution >= 4 is 0 Å². The number of hydrogen-bond donors (Lipinski definition) is 0. The molecule has 31 heavy (non-hydrogen) atoms. The van der Waals surface area contributed by atoms with E-state index in [0.717, 1.165) is 24.2 Å². The van der Waals surface area contributed by atoms with Crippen LogP contribution in [0.15, 0.2) is 30.4 Å². The fourth-order valence-electron chi connectivity index (χ4n) is 5.19. The number of benzene rings is 1. The van der Waals surface area contributed by atoms with Crippen LogP contribution in [0.1, 0.15) is 117 Å². The summed E-state index contributed by atoms with van der Waals surface area (Å²) in [6.07, 6.45) is 13.1. The van der Waals surface area contributed by atoms with E-state index < -0.39 is 0 Å². The van der Waals surface area contributed by atoms with E-state index in [1.54, 1.807) is 16.7 Å². The van der Waals surface area contributed by atoms with Gasteiger partial charge in [0.1, 0.15) is 0 Å². The second-order valence-corrected chi connectivity index (χ2v) is 11.1. The maximum atomic E-state index is 4.26. The summed E-state index contributed by atoms with van der Waals surface area (Å²) in [7, 11) is 0. The van der Waals surface area contributed by atoms with E-state index in [9.17, 15) is 0 Å². The molecular formula is C31H54. The third-order valence-electron chi connectivity index (χ3n) is 7.52. The number of unbranched alkanes of at least 4 members (excludes halogenated alkanes) is 3. The number of aryl methyl sites for hydroxylation is 2. The monoisotopic (exact) mass is 426 g/mol. The SMILES string of the molecule is C=C(C)C(CC(C)CCC(Cc1ccc(CC)c(CCCCCC)c1)C(C)C)C(C)C. The zero-order valence-electron chi connectivity index (χ0n) is 22.4. The summed E-state index contributed by atoms with van der Waals surface area (Å²) in [5.41, 5.74) is 6.11. The molecule has 1 rings (SSSR count). The highest BCUT2D eigenvalue weighted by Gasteiger charge is 2.20. The van der Waals surface area contributed by atoms with Gasteiger partial charge in [-0.05, 0) is 91.7 Å². The Labute approximate surface area is 196 Å². The second kappa shape index (κ2) is 14.9. The van der Waals surface area contributed by atoms with Crippen LogP contribution in [0.4, 0.5) is 0 Å². The van der Waals surface area contributed by atoms with E-state index in [4.69, 9.17) is 0 Å². The zero-order chi connectivity index (χ0) is 23.4. The highest BCUT2D eigenvalue weighted by molar-refractivity contribution is 5.32. The first-order valence-corrected chi connectivity index (χ1v) is 13.4. The van der Waals surface area contributed by atoms with Crippen LogP contribution < -0.4 is 0 Å². The number of rotatable bonds is 16. The molecule has 0 radical (unpaired) electrons. The summed E-state index contributed by atoms with van der Waals surface area (Å²) >= 11 is 0. The highest BCUT2D eigenvalue weighted by atomic mass is 14.3. The smallest absolute Gasteiger partial charge is 0.0183 e. The average molecular weight is 427 g/mol. The molecule has 0 heteroatoms. The van der Waals surface area contributed by atoms with Gasteiger partial charge in [-0.1, -0.05) is 105 Å². The van der Waals surface area contributed by atoms with Crippen LogP contribution in [0, 0.1) is 29.6 Å². The molecule has 0 aliphatic rings. The molecule has 3 atom stereocenters. The van der Waals surface area contributed by atoms with Gasteiger partial charge in [-0.15, -0.1) is 0 Å². The molecule has 0 aromatic heterocycles. The van der Waals surface area contributed by atoms with E-state index in [1.165, 1.54) is 63.4 Å². The van der Waals surface area contributed by atoms with Gasteiger partial charge in [-0.2, -0.15) is 0 Å². The van der Waals surface area contributed by atoms with Crippen molar-refractivity contribution in [2.45, 2.75) is 120 Å². The lowest BCUT2D eigenvalue weighted by Crippen LogP contribution is -2.17. The minimum absolute atomic E-state index is 0.671. The summed E-state index contributed by atoms with van der Waals surface area (Å²) in [5.74, 6) is 3.68. The van der Waals surface area contributed by atoms with Crippen molar-refractivity contribution in [3.63, 3.8) is 0 Å². The Morgan fingerprint density at radius 3 is 2.13 bits per heavy atom. The highest BCUT2D eigenvalue weighted by Crippen LogP contribution is 2.31. The predicted octanol–water partition coefficient (Wildman–Crippen LogP) is 9.84. The van der Waals surface area contributed by atoms with Crippen molar-refractivity contribution in [3.8, 4) is 0 Å². The molecular weight excluding hydrogens is 372 g/mol. The van der Waals surface area contributed by atoms with Gasteiger partial charge in [0.05, 0.1) is 0 Å². The van der Waals surface area contributed by atoms with Gasteiger partial charge < -0.3 is 0 Å². The van der Waals surface area contributed by atoms with E-state index in [-0.39, 0.29) is 0 Å². The summed E-state index contributed by atoms with van der Waals surface area (Å²) in [5, 5.41) is 0. The van der Waals surface area contributed by atoms with E-state index >= 15 is 0 Å². The molecule has 1 aromatic rings. The Balaban J connectivity index is 2.74. The van der Waals surface area contributed by atoms with Crippen molar-refractivity contribution in [2.75, 3.05) is 0 Å². The molecule has 0 saturated heterocycles. The molecule has 0 amide bonds. The van der Waals surface area contributed by atoms with Gasteiger partial charge in [0.25, 0.3) is 0 Å². The predicted molar refractivity (Wildman–Crippen MR) is 142 cm³/mol.